The Bertz CT molecular complexity index is 504. The number of thiazole rings is 1. The van der Waals surface area contributed by atoms with Crippen LogP contribution in [0.25, 0.3) is 0 Å². The molecule has 1 aromatic heterocycles. The standard InChI is InChI=1S/C13H22N4O2S2/c1-13(2)8-17(5-7-20-13)11(18)9-10(14)16-12(21-9)15-4-6-19-3/h4-8,14H2,1-3H3,(H,15,16). The molecule has 2 heterocycles. The largest absolute Gasteiger partial charge is 0.383 e. The third kappa shape index (κ3) is 4.24. The molecule has 1 aliphatic rings. The fourth-order valence-electron chi connectivity index (χ4n) is 2.15. The molecule has 1 aliphatic heterocycles. The van der Waals surface area contributed by atoms with Crippen LogP contribution in [0.3, 0.4) is 0 Å². The first-order valence-electron chi connectivity index (χ1n) is 6.85. The fourth-order valence-corrected chi connectivity index (χ4v) is 4.14. The number of ether oxygens (including phenoxy) is 1. The molecule has 0 aromatic carbocycles. The van der Waals surface area contributed by atoms with Gasteiger partial charge in [0.2, 0.25) is 0 Å². The van der Waals surface area contributed by atoms with Crippen molar-refractivity contribution in [1.29, 1.82) is 0 Å². The third-order valence-electron chi connectivity index (χ3n) is 3.14. The van der Waals surface area contributed by atoms with Gasteiger partial charge in [-0.15, -0.1) is 0 Å². The van der Waals surface area contributed by atoms with Crippen molar-refractivity contribution in [1.82, 2.24) is 9.88 Å². The van der Waals surface area contributed by atoms with Gasteiger partial charge >= 0.3 is 0 Å². The van der Waals surface area contributed by atoms with Crippen LogP contribution < -0.4 is 11.1 Å². The van der Waals surface area contributed by atoms with E-state index in [0.29, 0.717) is 29.0 Å². The smallest absolute Gasteiger partial charge is 0.267 e. The molecule has 0 atom stereocenters. The van der Waals surface area contributed by atoms with Crippen molar-refractivity contribution >= 4 is 40.0 Å². The van der Waals surface area contributed by atoms with Gasteiger partial charge in [-0.05, 0) is 13.8 Å². The number of nitrogens with two attached hydrogens (primary N) is 1. The van der Waals surface area contributed by atoms with E-state index in [2.05, 4.69) is 24.1 Å². The highest BCUT2D eigenvalue weighted by Gasteiger charge is 2.32. The van der Waals surface area contributed by atoms with Gasteiger partial charge < -0.3 is 20.7 Å². The lowest BCUT2D eigenvalue weighted by molar-refractivity contribution is 0.0753. The van der Waals surface area contributed by atoms with Gasteiger partial charge in [0.05, 0.1) is 6.61 Å². The molecule has 0 aliphatic carbocycles. The van der Waals surface area contributed by atoms with E-state index in [-0.39, 0.29) is 10.7 Å². The molecule has 0 saturated carbocycles. The number of carbonyl (C=O) groups excluding carboxylic acids is 1. The summed E-state index contributed by atoms with van der Waals surface area (Å²) in [4.78, 5) is 19.2. The number of hydrogen-bond acceptors (Lipinski definition) is 7. The molecular formula is C13H22N4O2S2. The van der Waals surface area contributed by atoms with Gasteiger partial charge in [-0.3, -0.25) is 4.79 Å². The van der Waals surface area contributed by atoms with E-state index < -0.39 is 0 Å². The number of nitrogens with one attached hydrogen (secondary N) is 1. The topological polar surface area (TPSA) is 80.5 Å². The van der Waals surface area contributed by atoms with Crippen molar-refractivity contribution in [2.45, 2.75) is 18.6 Å². The van der Waals surface area contributed by atoms with Crippen LogP contribution in [0.2, 0.25) is 0 Å². The van der Waals surface area contributed by atoms with Crippen LogP contribution >= 0.6 is 23.1 Å². The summed E-state index contributed by atoms with van der Waals surface area (Å²) in [6.07, 6.45) is 0. The van der Waals surface area contributed by atoms with E-state index in [0.717, 1.165) is 18.8 Å². The maximum absolute atomic E-state index is 12.6. The van der Waals surface area contributed by atoms with Crippen molar-refractivity contribution in [2.75, 3.05) is 50.2 Å². The highest BCUT2D eigenvalue weighted by molar-refractivity contribution is 8.00. The predicted molar refractivity (Wildman–Crippen MR) is 89.3 cm³/mol. The number of rotatable bonds is 5. The Morgan fingerprint density at radius 2 is 2.33 bits per heavy atom. The van der Waals surface area contributed by atoms with E-state index in [1.807, 2.05) is 16.7 Å². The molecule has 0 radical (unpaired) electrons. The van der Waals surface area contributed by atoms with Crippen molar-refractivity contribution in [2.24, 2.45) is 0 Å². The number of nitrogen functional groups attached to an aromatic ring is 1. The highest BCUT2D eigenvalue weighted by Crippen LogP contribution is 2.32. The molecule has 1 aromatic rings. The van der Waals surface area contributed by atoms with Crippen molar-refractivity contribution in [3.05, 3.63) is 4.88 Å². The summed E-state index contributed by atoms with van der Waals surface area (Å²) < 4.78 is 5.06. The first kappa shape index (κ1) is 16.4. The van der Waals surface area contributed by atoms with Crippen LogP contribution in [-0.2, 0) is 4.74 Å². The second-order valence-corrected chi connectivity index (χ2v) is 8.29. The lowest BCUT2D eigenvalue weighted by Gasteiger charge is -2.37. The predicted octanol–water partition coefficient (Wildman–Crippen LogP) is 1.75. The summed E-state index contributed by atoms with van der Waals surface area (Å²) >= 11 is 3.21. The number of thioether (sulfide) groups is 1. The SMILES string of the molecule is COCCNc1nc(N)c(C(=O)N2CCSC(C)(C)C2)s1. The Morgan fingerprint density at radius 1 is 1.57 bits per heavy atom. The maximum Gasteiger partial charge on any atom is 0.267 e. The summed E-state index contributed by atoms with van der Waals surface area (Å²) in [6.45, 7) is 7.04. The Labute approximate surface area is 133 Å². The average Bonchev–Trinajstić information content (AvgIpc) is 2.78. The van der Waals surface area contributed by atoms with Crippen LogP contribution in [-0.4, -0.2) is 59.6 Å². The Balaban J connectivity index is 2.05. The molecule has 118 valence electrons. The van der Waals surface area contributed by atoms with Crippen LogP contribution in [0.15, 0.2) is 0 Å². The number of anilines is 2. The summed E-state index contributed by atoms with van der Waals surface area (Å²) in [7, 11) is 1.64. The number of methoxy groups -OCH3 is 1. The minimum Gasteiger partial charge on any atom is -0.383 e. The number of nitrogens with zero attached hydrogens (tertiary/aromatic N) is 2. The van der Waals surface area contributed by atoms with E-state index >= 15 is 0 Å². The van der Waals surface area contributed by atoms with E-state index in [1.54, 1.807) is 7.11 Å². The molecular weight excluding hydrogens is 308 g/mol. The molecule has 1 saturated heterocycles. The zero-order valence-electron chi connectivity index (χ0n) is 12.6. The molecule has 1 amide bonds. The van der Waals surface area contributed by atoms with Gasteiger partial charge in [0, 0.05) is 37.2 Å². The fraction of sp³-hybridized carbons (Fsp3) is 0.692. The van der Waals surface area contributed by atoms with Crippen LogP contribution in [0.4, 0.5) is 10.9 Å². The number of amides is 1. The molecule has 3 N–H and O–H groups in total. The molecule has 2 rings (SSSR count). The second-order valence-electron chi connectivity index (χ2n) is 5.49. The molecule has 0 bridgehead atoms. The quantitative estimate of drug-likeness (QED) is 0.801. The first-order chi connectivity index (χ1) is 9.93. The van der Waals surface area contributed by atoms with Crippen molar-refractivity contribution < 1.29 is 9.53 Å². The summed E-state index contributed by atoms with van der Waals surface area (Å²) in [5, 5.41) is 3.77. The summed E-state index contributed by atoms with van der Waals surface area (Å²) in [5.74, 6) is 1.25. The number of aromatic nitrogens is 1. The van der Waals surface area contributed by atoms with Gasteiger partial charge in [0.15, 0.2) is 5.13 Å². The molecule has 1 fully saturated rings. The van der Waals surface area contributed by atoms with Gasteiger partial charge in [-0.25, -0.2) is 4.98 Å². The molecule has 8 heteroatoms. The van der Waals surface area contributed by atoms with Crippen molar-refractivity contribution in [3.8, 4) is 0 Å². The minimum atomic E-state index is -0.0156. The van der Waals surface area contributed by atoms with Gasteiger partial charge in [-0.2, -0.15) is 11.8 Å². The van der Waals surface area contributed by atoms with E-state index in [9.17, 15) is 4.79 Å². The zero-order chi connectivity index (χ0) is 15.5. The normalized spacial score (nSPS) is 17.8. The lowest BCUT2D eigenvalue weighted by Crippen LogP contribution is -2.46. The van der Waals surface area contributed by atoms with Gasteiger partial charge in [-0.1, -0.05) is 11.3 Å². The number of carbonyl (C=O) groups is 1. The van der Waals surface area contributed by atoms with Gasteiger partial charge in [0.25, 0.3) is 5.91 Å². The third-order valence-corrected chi connectivity index (χ3v) is 5.46. The van der Waals surface area contributed by atoms with E-state index in [4.69, 9.17) is 10.5 Å². The lowest BCUT2D eigenvalue weighted by atomic mass is 10.2. The van der Waals surface area contributed by atoms with Gasteiger partial charge in [0.1, 0.15) is 10.7 Å². The monoisotopic (exact) mass is 330 g/mol. The van der Waals surface area contributed by atoms with Crippen LogP contribution in [0, 0.1) is 0 Å². The highest BCUT2D eigenvalue weighted by atomic mass is 32.2. The Morgan fingerprint density at radius 3 is 3.00 bits per heavy atom. The molecule has 6 nitrogen and oxygen atoms in total. The summed E-state index contributed by atoms with van der Waals surface area (Å²) in [5.41, 5.74) is 5.90. The number of hydrogen-bond donors (Lipinski definition) is 2. The maximum atomic E-state index is 12.6. The zero-order valence-corrected chi connectivity index (χ0v) is 14.3. The second kappa shape index (κ2) is 6.85. The molecule has 0 unspecified atom stereocenters. The van der Waals surface area contributed by atoms with Crippen LogP contribution in [0.1, 0.15) is 23.5 Å². The minimum absolute atomic E-state index is 0.0156. The van der Waals surface area contributed by atoms with Crippen LogP contribution in [0.5, 0.6) is 0 Å². The van der Waals surface area contributed by atoms with E-state index in [1.165, 1.54) is 11.3 Å². The Hall–Kier alpha value is -0.990. The summed E-state index contributed by atoms with van der Waals surface area (Å²) in [6, 6.07) is 0. The molecule has 21 heavy (non-hydrogen) atoms. The average molecular weight is 330 g/mol. The Kier molecular flexibility index (Phi) is 5.34. The molecule has 0 spiro atoms. The first-order valence-corrected chi connectivity index (χ1v) is 8.65. The van der Waals surface area contributed by atoms with Crippen molar-refractivity contribution in [3.63, 3.8) is 0 Å².